The molecule has 1 nitrogen and oxygen atoms in total. The van der Waals surface area contributed by atoms with Crippen LogP contribution >= 0.6 is 20.1 Å². The number of allylic oxidation sites excluding steroid dienone is 5. The second kappa shape index (κ2) is 9.24. The summed E-state index contributed by atoms with van der Waals surface area (Å²) in [6, 6.07) is -0.0866. The standard InChI is InChI=1S/C14H22N.2ClH.Cr/c1-11(9-12(2)15)10-14(3,4)13-7-5-6-8-13;;;/h5-7,9,12,15H,8,10H2,1-4H3;2*1H;/q-1;;;+3/p-2. The molecule has 0 aromatic heterocycles. The normalized spacial score (nSPS) is 16.8. The molecule has 0 bridgehead atoms. The Labute approximate surface area is 126 Å². The van der Waals surface area contributed by atoms with Gasteiger partial charge < -0.3 is 5.73 Å². The Morgan fingerprint density at radius 1 is 1.56 bits per heavy atom. The van der Waals surface area contributed by atoms with E-state index in [4.69, 9.17) is 25.8 Å². The van der Waals surface area contributed by atoms with Gasteiger partial charge in [0.15, 0.2) is 0 Å². The summed E-state index contributed by atoms with van der Waals surface area (Å²) < 4.78 is 0. The molecule has 0 spiro atoms. The molecule has 103 valence electrons. The molecule has 1 aliphatic carbocycles. The van der Waals surface area contributed by atoms with Crippen molar-refractivity contribution in [3.8, 4) is 0 Å². The van der Waals surface area contributed by atoms with E-state index in [1.165, 1.54) is 11.1 Å². The van der Waals surface area contributed by atoms with Gasteiger partial charge in [-0.2, -0.15) is 0 Å². The van der Waals surface area contributed by atoms with Gasteiger partial charge in [0.1, 0.15) is 0 Å². The van der Waals surface area contributed by atoms with Gasteiger partial charge in [-0.1, -0.05) is 50.1 Å². The van der Waals surface area contributed by atoms with E-state index in [0.29, 0.717) is 0 Å². The van der Waals surface area contributed by atoms with Crippen molar-refractivity contribution in [3.05, 3.63) is 41.2 Å². The minimum absolute atomic E-state index is 0.0866. The molecule has 1 aliphatic rings. The van der Waals surface area contributed by atoms with Crippen molar-refractivity contribution in [1.82, 2.24) is 0 Å². The second-order valence-electron chi connectivity index (χ2n) is 5.24. The zero-order chi connectivity index (χ0) is 14.2. The molecule has 0 saturated heterocycles. The molecule has 0 aromatic rings. The summed E-state index contributed by atoms with van der Waals surface area (Å²) in [6.07, 6.45) is 10.8. The van der Waals surface area contributed by atoms with Crippen LogP contribution in [-0.2, 0) is 13.4 Å². The Morgan fingerprint density at radius 3 is 2.50 bits per heavy atom. The molecular weight excluding hydrogens is 305 g/mol. The summed E-state index contributed by atoms with van der Waals surface area (Å²) in [5.41, 5.74) is 10.6. The van der Waals surface area contributed by atoms with Crippen molar-refractivity contribution in [3.63, 3.8) is 0 Å². The van der Waals surface area contributed by atoms with Gasteiger partial charge in [0, 0.05) is 0 Å². The predicted octanol–water partition coefficient (Wildman–Crippen LogP) is 6.05. The molecule has 1 rings (SSSR count). The first kappa shape index (κ1) is 18.3. The maximum absolute atomic E-state index is 7.52. The first-order chi connectivity index (χ1) is 8.33. The zero-order valence-electron chi connectivity index (χ0n) is 11.5. The van der Waals surface area contributed by atoms with Gasteiger partial charge in [-0.3, -0.25) is 0 Å². The third-order valence-electron chi connectivity index (χ3n) is 2.90. The summed E-state index contributed by atoms with van der Waals surface area (Å²) in [4.78, 5) is 0. The van der Waals surface area contributed by atoms with Crippen molar-refractivity contribution >= 4 is 20.1 Å². The minimum atomic E-state index is -0.181. The van der Waals surface area contributed by atoms with Crippen LogP contribution in [0.4, 0.5) is 0 Å². The molecule has 0 amide bonds. The van der Waals surface area contributed by atoms with Gasteiger partial charge >= 0.3 is 33.5 Å². The van der Waals surface area contributed by atoms with Gasteiger partial charge in [0.05, 0.1) is 0 Å². The van der Waals surface area contributed by atoms with Gasteiger partial charge in [0.2, 0.25) is 0 Å². The van der Waals surface area contributed by atoms with Gasteiger partial charge in [-0.05, 0) is 25.2 Å². The summed E-state index contributed by atoms with van der Waals surface area (Å²) in [5, 5.41) is 0. The molecule has 0 fully saturated rings. The van der Waals surface area contributed by atoms with Crippen LogP contribution in [0, 0.1) is 5.41 Å². The van der Waals surface area contributed by atoms with Gasteiger partial charge in [-0.25, -0.2) is 0 Å². The van der Waals surface area contributed by atoms with Gasteiger partial charge in [0.25, 0.3) is 0 Å². The van der Waals surface area contributed by atoms with Crippen LogP contribution < -0.4 is 0 Å². The van der Waals surface area contributed by atoms with Gasteiger partial charge in [-0.15, -0.1) is 12.1 Å². The number of halogens is 2. The first-order valence-corrected chi connectivity index (χ1v) is 9.48. The molecule has 18 heavy (non-hydrogen) atoms. The van der Waals surface area contributed by atoms with E-state index in [0.717, 1.165) is 12.8 Å². The fraction of sp³-hybridized carbons (Fsp3) is 0.571. The summed E-state index contributed by atoms with van der Waals surface area (Å²) in [7, 11) is 9.65. The third-order valence-corrected chi connectivity index (χ3v) is 2.90. The number of nitrogens with one attached hydrogen (secondary N) is 1. The second-order valence-corrected chi connectivity index (χ2v) is 7.35. The van der Waals surface area contributed by atoms with E-state index in [1.54, 1.807) is 0 Å². The Kier molecular flexibility index (Phi) is 9.39. The van der Waals surface area contributed by atoms with E-state index in [2.05, 4.69) is 39.0 Å². The fourth-order valence-electron chi connectivity index (χ4n) is 2.25. The topological polar surface area (TPSA) is 23.8 Å². The quantitative estimate of drug-likeness (QED) is 0.561. The molecule has 0 aliphatic heterocycles. The average Bonchev–Trinajstić information content (AvgIpc) is 2.68. The van der Waals surface area contributed by atoms with Crippen molar-refractivity contribution in [2.75, 3.05) is 0 Å². The Morgan fingerprint density at radius 2 is 2.11 bits per heavy atom. The van der Waals surface area contributed by atoms with Crippen molar-refractivity contribution in [2.24, 2.45) is 5.41 Å². The third kappa shape index (κ3) is 7.67. The first-order valence-electron chi connectivity index (χ1n) is 5.97. The SMILES string of the molecule is CC(=CC(C)[NH-])CC(C)(C)C1=CC=CC1.[Cl][Cr+][Cl]. The van der Waals surface area contributed by atoms with Crippen LogP contribution in [0.3, 0.4) is 0 Å². The molecule has 4 heteroatoms. The van der Waals surface area contributed by atoms with Crippen LogP contribution in [0.1, 0.15) is 40.5 Å². The van der Waals surface area contributed by atoms with E-state index >= 15 is 0 Å². The van der Waals surface area contributed by atoms with E-state index in [1.807, 2.05) is 13.0 Å². The van der Waals surface area contributed by atoms with Crippen LogP contribution in [0.5, 0.6) is 0 Å². The molecule has 1 atom stereocenters. The zero-order valence-corrected chi connectivity index (χ0v) is 14.3. The summed E-state index contributed by atoms with van der Waals surface area (Å²) in [5.74, 6) is 0. The monoisotopic (exact) mass is 326 g/mol. The predicted molar refractivity (Wildman–Crippen MR) is 79.5 cm³/mol. The Balaban J connectivity index is 0.000000873. The summed E-state index contributed by atoms with van der Waals surface area (Å²) in [6.45, 7) is 8.62. The van der Waals surface area contributed by atoms with Crippen LogP contribution in [0.25, 0.3) is 5.73 Å². The van der Waals surface area contributed by atoms with Crippen LogP contribution in [0.2, 0.25) is 0 Å². The van der Waals surface area contributed by atoms with E-state index in [9.17, 15) is 0 Å². The molecule has 0 aromatic carbocycles. The molecule has 0 saturated carbocycles. The number of hydrogen-bond acceptors (Lipinski definition) is 0. The molecule has 0 heterocycles. The van der Waals surface area contributed by atoms with Crippen LogP contribution in [0.15, 0.2) is 35.5 Å². The van der Waals surface area contributed by atoms with Crippen molar-refractivity contribution < 1.29 is 13.4 Å². The Bertz CT molecular complexity index is 331. The van der Waals surface area contributed by atoms with E-state index in [-0.39, 0.29) is 24.8 Å². The Hall–Kier alpha value is 0.292. The molecular formula is C14H22Cl2CrN. The number of hydrogen-bond donors (Lipinski definition) is 0. The van der Waals surface area contributed by atoms with Crippen LogP contribution in [-0.4, -0.2) is 6.04 Å². The maximum atomic E-state index is 7.52. The average molecular weight is 327 g/mol. The molecule has 1 N–H and O–H groups in total. The number of rotatable bonds is 4. The molecule has 1 unspecified atom stereocenters. The fourth-order valence-corrected chi connectivity index (χ4v) is 2.25. The van der Waals surface area contributed by atoms with Crippen molar-refractivity contribution in [1.29, 1.82) is 0 Å². The van der Waals surface area contributed by atoms with Crippen molar-refractivity contribution in [2.45, 2.75) is 46.6 Å². The summed E-state index contributed by atoms with van der Waals surface area (Å²) >= 11 is -0.181. The van der Waals surface area contributed by atoms with E-state index < -0.39 is 0 Å². The molecule has 0 radical (unpaired) electrons.